The maximum atomic E-state index is 6.41. The largest absolute Gasteiger partial charge is 0.496 e. The lowest BCUT2D eigenvalue weighted by Gasteiger charge is -2.26. The van der Waals surface area contributed by atoms with Gasteiger partial charge in [0.25, 0.3) is 0 Å². The van der Waals surface area contributed by atoms with Gasteiger partial charge < -0.3 is 4.74 Å². The van der Waals surface area contributed by atoms with Gasteiger partial charge in [-0.25, -0.2) is 0 Å². The van der Waals surface area contributed by atoms with Crippen LogP contribution in [0.15, 0.2) is 17.7 Å². The van der Waals surface area contributed by atoms with E-state index in [0.717, 1.165) is 35.7 Å². The molecule has 1 aliphatic carbocycles. The second kappa shape index (κ2) is 7.49. The van der Waals surface area contributed by atoms with Gasteiger partial charge in [0, 0.05) is 27.2 Å². The maximum absolute atomic E-state index is 6.41. The molecule has 0 spiro atoms. The Balaban J connectivity index is 0.00000161. The molecule has 0 atom stereocenters. The number of ether oxygens (including phenoxy) is 1. The van der Waals surface area contributed by atoms with Crippen LogP contribution < -0.4 is 4.74 Å². The highest BCUT2D eigenvalue weighted by Gasteiger charge is 2.24. The lowest BCUT2D eigenvalue weighted by atomic mass is 9.91. The van der Waals surface area contributed by atoms with Crippen LogP contribution in [0.3, 0.4) is 0 Å². The Labute approximate surface area is 150 Å². The molecule has 0 amide bonds. The van der Waals surface area contributed by atoms with Crippen LogP contribution in [0.25, 0.3) is 4.48 Å². The minimum atomic E-state index is 0. The molecule has 0 saturated carbocycles. The van der Waals surface area contributed by atoms with E-state index in [2.05, 4.69) is 20.8 Å². The van der Waals surface area contributed by atoms with Crippen LogP contribution >= 0.6 is 44.5 Å². The predicted molar refractivity (Wildman–Crippen MR) is 98.2 cm³/mol. The van der Waals surface area contributed by atoms with Crippen molar-refractivity contribution in [2.45, 2.75) is 25.7 Å². The molecule has 1 aromatic rings. The molecule has 1 aromatic carbocycles. The average molecular weight is 438 g/mol. The van der Waals surface area contributed by atoms with Crippen LogP contribution in [-0.4, -0.2) is 31.6 Å². The van der Waals surface area contributed by atoms with Crippen molar-refractivity contribution in [3.8, 4) is 5.75 Å². The van der Waals surface area contributed by atoms with Crippen molar-refractivity contribution in [2.75, 3.05) is 26.7 Å². The van der Waals surface area contributed by atoms with E-state index in [-0.39, 0.29) is 17.0 Å². The summed E-state index contributed by atoms with van der Waals surface area (Å²) < 4.78 is 6.65. The van der Waals surface area contributed by atoms with Crippen molar-refractivity contribution in [3.63, 3.8) is 0 Å². The minimum Gasteiger partial charge on any atom is -0.496 e. The van der Waals surface area contributed by atoms with E-state index < -0.39 is 0 Å². The fourth-order valence-electron chi connectivity index (χ4n) is 3.20. The zero-order chi connectivity index (χ0) is 14.1. The van der Waals surface area contributed by atoms with Gasteiger partial charge in [-0.1, -0.05) is 27.5 Å². The van der Waals surface area contributed by atoms with Crippen molar-refractivity contribution < 1.29 is 4.74 Å². The number of halogens is 3. The number of hydrogen-bond acceptors (Lipinski definition) is 2. The first-order chi connectivity index (χ1) is 9.70. The van der Waals surface area contributed by atoms with E-state index in [4.69, 9.17) is 16.3 Å². The van der Waals surface area contributed by atoms with Crippen molar-refractivity contribution >= 4 is 49.0 Å². The Morgan fingerprint density at radius 3 is 2.62 bits per heavy atom. The second-order valence-electron chi connectivity index (χ2n) is 5.50. The summed E-state index contributed by atoms with van der Waals surface area (Å²) in [6, 6.07) is 3.90. The van der Waals surface area contributed by atoms with E-state index in [1.54, 1.807) is 7.11 Å². The molecule has 2 nitrogen and oxygen atoms in total. The molecule has 1 heterocycles. The lowest BCUT2D eigenvalue weighted by Crippen LogP contribution is -2.23. The molecule has 5 heteroatoms. The summed E-state index contributed by atoms with van der Waals surface area (Å²) >= 11 is 10.2. The van der Waals surface area contributed by atoms with Gasteiger partial charge in [-0.05, 0) is 56.5 Å². The molecular formula is C16H20Br2ClNO. The first kappa shape index (κ1) is 17.3. The van der Waals surface area contributed by atoms with Crippen LogP contribution in [0.4, 0.5) is 0 Å². The third kappa shape index (κ3) is 3.49. The van der Waals surface area contributed by atoms with Crippen molar-refractivity contribution in [1.29, 1.82) is 0 Å². The van der Waals surface area contributed by atoms with Crippen molar-refractivity contribution in [2.24, 2.45) is 0 Å². The molecule has 2 aliphatic rings. The summed E-state index contributed by atoms with van der Waals surface area (Å²) in [6.07, 6.45) is 4.75. The molecule has 1 fully saturated rings. The van der Waals surface area contributed by atoms with Gasteiger partial charge in [0.2, 0.25) is 0 Å². The summed E-state index contributed by atoms with van der Waals surface area (Å²) in [7, 11) is 1.72. The Morgan fingerprint density at radius 1 is 1.24 bits per heavy atom. The van der Waals surface area contributed by atoms with Crippen LogP contribution in [0.1, 0.15) is 30.4 Å². The number of likely N-dealkylation sites (tertiary alicyclic amines) is 1. The number of benzene rings is 1. The molecule has 0 aromatic heterocycles. The van der Waals surface area contributed by atoms with Crippen LogP contribution in [-0.2, 0) is 6.42 Å². The van der Waals surface area contributed by atoms with E-state index >= 15 is 0 Å². The predicted octanol–water partition coefficient (Wildman–Crippen LogP) is 5.07. The topological polar surface area (TPSA) is 12.5 Å². The summed E-state index contributed by atoms with van der Waals surface area (Å²) in [5.41, 5.74) is 3.83. The summed E-state index contributed by atoms with van der Waals surface area (Å²) in [5.74, 6) is 0.946. The fourth-order valence-corrected chi connectivity index (χ4v) is 4.36. The lowest BCUT2D eigenvalue weighted by molar-refractivity contribution is 0.364. The van der Waals surface area contributed by atoms with E-state index in [0.29, 0.717) is 0 Å². The summed E-state index contributed by atoms with van der Waals surface area (Å²) in [6.45, 7) is 3.51. The molecule has 1 aliphatic heterocycles. The van der Waals surface area contributed by atoms with Crippen LogP contribution in [0.2, 0.25) is 5.02 Å². The van der Waals surface area contributed by atoms with Crippen molar-refractivity contribution in [1.82, 2.24) is 4.90 Å². The first-order valence-electron chi connectivity index (χ1n) is 7.16. The van der Waals surface area contributed by atoms with Crippen LogP contribution in [0.5, 0.6) is 5.75 Å². The maximum Gasteiger partial charge on any atom is 0.122 e. The number of rotatable bonds is 3. The third-order valence-electron chi connectivity index (χ3n) is 4.26. The molecular weight excluding hydrogens is 417 g/mol. The number of nitrogens with zero attached hydrogens (tertiary/aromatic N) is 1. The van der Waals surface area contributed by atoms with Gasteiger partial charge in [0.15, 0.2) is 0 Å². The molecule has 116 valence electrons. The van der Waals surface area contributed by atoms with Gasteiger partial charge >= 0.3 is 0 Å². The second-order valence-corrected chi connectivity index (χ2v) is 6.70. The quantitative estimate of drug-likeness (QED) is 0.654. The van der Waals surface area contributed by atoms with E-state index in [9.17, 15) is 0 Å². The van der Waals surface area contributed by atoms with Crippen LogP contribution in [0, 0.1) is 0 Å². The highest BCUT2D eigenvalue weighted by molar-refractivity contribution is 9.15. The summed E-state index contributed by atoms with van der Waals surface area (Å²) in [4.78, 5) is 2.54. The third-order valence-corrected chi connectivity index (χ3v) is 5.53. The molecule has 0 unspecified atom stereocenters. The Kier molecular flexibility index (Phi) is 6.18. The smallest absolute Gasteiger partial charge is 0.122 e. The SMILES string of the molecule is Br.COc1ccc(Cl)c2c1CCC(CN1CCCC1)=C2Br. The Hall–Kier alpha value is -0.0300. The number of hydrogen-bond donors (Lipinski definition) is 0. The molecule has 0 radical (unpaired) electrons. The minimum absolute atomic E-state index is 0. The van der Waals surface area contributed by atoms with Gasteiger partial charge in [-0.15, -0.1) is 17.0 Å². The zero-order valence-corrected chi connectivity index (χ0v) is 16.2. The number of fused-ring (bicyclic) bond motifs is 1. The Bertz CT molecular complexity index is 553. The van der Waals surface area contributed by atoms with Gasteiger partial charge in [-0.2, -0.15) is 0 Å². The highest BCUT2D eigenvalue weighted by Crippen LogP contribution is 2.43. The number of methoxy groups -OCH3 is 1. The van der Waals surface area contributed by atoms with Crippen molar-refractivity contribution in [3.05, 3.63) is 33.9 Å². The molecule has 0 N–H and O–H groups in total. The molecule has 1 saturated heterocycles. The highest BCUT2D eigenvalue weighted by atomic mass is 79.9. The van der Waals surface area contributed by atoms with Gasteiger partial charge in [-0.3, -0.25) is 4.90 Å². The fraction of sp³-hybridized carbons (Fsp3) is 0.500. The van der Waals surface area contributed by atoms with E-state index in [1.165, 1.54) is 41.6 Å². The molecule has 21 heavy (non-hydrogen) atoms. The summed E-state index contributed by atoms with van der Waals surface area (Å²) in [5, 5.41) is 0.811. The zero-order valence-electron chi connectivity index (χ0n) is 12.1. The average Bonchev–Trinajstić information content (AvgIpc) is 2.95. The molecule has 3 rings (SSSR count). The molecule has 0 bridgehead atoms. The first-order valence-corrected chi connectivity index (χ1v) is 8.33. The van der Waals surface area contributed by atoms with E-state index in [1.807, 2.05) is 12.1 Å². The van der Waals surface area contributed by atoms with Gasteiger partial charge in [0.05, 0.1) is 7.11 Å². The standard InChI is InChI=1S/C16H19BrClNO.BrH/c1-20-14-7-6-13(18)15-12(14)5-4-11(16(15)17)10-19-8-2-3-9-19;/h6-7H,2-5,8-10H2,1H3;1H. The monoisotopic (exact) mass is 435 g/mol. The Morgan fingerprint density at radius 2 is 1.95 bits per heavy atom. The van der Waals surface area contributed by atoms with Gasteiger partial charge in [0.1, 0.15) is 5.75 Å². The normalized spacial score (nSPS) is 18.4.